The highest BCUT2D eigenvalue weighted by molar-refractivity contribution is 6.08. The van der Waals surface area contributed by atoms with Crippen molar-refractivity contribution >= 4 is 17.5 Å². The van der Waals surface area contributed by atoms with Gasteiger partial charge in [-0.15, -0.1) is 0 Å². The lowest BCUT2D eigenvalue weighted by Crippen LogP contribution is -2.41. The Hall–Kier alpha value is -3.07. The van der Waals surface area contributed by atoms with Crippen LogP contribution < -0.4 is 14.8 Å². The summed E-state index contributed by atoms with van der Waals surface area (Å²) in [6.45, 7) is 4.42. The second kappa shape index (κ2) is 8.75. The molecule has 0 saturated carbocycles. The van der Waals surface area contributed by atoms with Crippen LogP contribution in [0.2, 0.25) is 0 Å². The third-order valence-electron chi connectivity index (χ3n) is 4.53. The van der Waals surface area contributed by atoms with Crippen molar-refractivity contribution < 1.29 is 23.8 Å². The lowest BCUT2D eigenvalue weighted by atomic mass is 10.1. The molecule has 2 aromatic rings. The van der Waals surface area contributed by atoms with E-state index in [-0.39, 0.29) is 11.8 Å². The summed E-state index contributed by atoms with van der Waals surface area (Å²) in [6.07, 6.45) is 1.50. The largest absolute Gasteiger partial charge is 0.493 e. The second-order valence-electron chi connectivity index (χ2n) is 6.15. The normalized spacial score (nSPS) is 13.9. The number of carbonyl (C=O) groups excluding carboxylic acids is 2. The lowest BCUT2D eigenvalue weighted by Gasteiger charge is -2.27. The molecule has 3 rings (SSSR count). The van der Waals surface area contributed by atoms with Crippen LogP contribution in [-0.4, -0.2) is 67.0 Å². The molecule has 0 unspecified atom stereocenters. The van der Waals surface area contributed by atoms with Crippen molar-refractivity contribution in [2.24, 2.45) is 0 Å². The maximum Gasteiger partial charge on any atom is 0.274 e. The zero-order valence-electron chi connectivity index (χ0n) is 16.2. The fourth-order valence-corrected chi connectivity index (χ4v) is 3.03. The summed E-state index contributed by atoms with van der Waals surface area (Å²) in [5.74, 6) is 0.433. The molecule has 1 N–H and O–H groups in total. The highest BCUT2D eigenvalue weighted by Crippen LogP contribution is 2.28. The monoisotopic (exact) mass is 388 g/mol. The Morgan fingerprint density at radius 1 is 1.18 bits per heavy atom. The Balaban J connectivity index is 1.85. The van der Waals surface area contributed by atoms with Crippen LogP contribution in [0.3, 0.4) is 0 Å². The van der Waals surface area contributed by atoms with E-state index in [0.29, 0.717) is 61.3 Å². The second-order valence-corrected chi connectivity index (χ2v) is 6.15. The first-order chi connectivity index (χ1) is 13.6. The van der Waals surface area contributed by atoms with E-state index >= 15 is 0 Å². The summed E-state index contributed by atoms with van der Waals surface area (Å²) < 4.78 is 17.3. The zero-order valence-corrected chi connectivity index (χ0v) is 16.2. The number of hydrogen-bond acceptors (Lipinski definition) is 6. The fraction of sp³-hybridized carbons (Fsp3) is 0.421. The van der Waals surface area contributed by atoms with Gasteiger partial charge in [0.05, 0.1) is 39.3 Å². The van der Waals surface area contributed by atoms with Crippen LogP contribution in [0.4, 0.5) is 5.69 Å². The zero-order chi connectivity index (χ0) is 20.1. The van der Waals surface area contributed by atoms with Crippen LogP contribution in [-0.2, 0) is 11.3 Å². The molecule has 1 saturated heterocycles. The number of benzene rings is 1. The molecule has 0 aliphatic carbocycles. The third-order valence-corrected chi connectivity index (χ3v) is 4.53. The number of carbonyl (C=O) groups is 2. The summed E-state index contributed by atoms with van der Waals surface area (Å²) in [5.41, 5.74) is 1.11. The average Bonchev–Trinajstić information content (AvgIpc) is 3.15. The van der Waals surface area contributed by atoms with Crippen molar-refractivity contribution in [3.8, 4) is 11.5 Å². The molecule has 2 heterocycles. The summed E-state index contributed by atoms with van der Waals surface area (Å²) in [5, 5.41) is 7.03. The van der Waals surface area contributed by atoms with Crippen molar-refractivity contribution in [1.82, 2.24) is 14.7 Å². The Morgan fingerprint density at radius 2 is 1.89 bits per heavy atom. The Labute approximate surface area is 163 Å². The Bertz CT molecular complexity index is 858. The van der Waals surface area contributed by atoms with E-state index in [4.69, 9.17) is 14.2 Å². The number of methoxy groups -OCH3 is 2. The van der Waals surface area contributed by atoms with E-state index in [0.717, 1.165) is 0 Å². The minimum absolute atomic E-state index is 0.176. The standard InChI is InChI=1S/C19H24N4O5/c1-4-23-17(19(25)22-7-9-28-10-8-22)14(12-20-23)21-18(24)13-5-6-15(26-2)16(11-13)27-3/h5-6,11-12H,4,7-10H2,1-3H3,(H,21,24). The molecule has 0 spiro atoms. The number of morpholine rings is 1. The van der Waals surface area contributed by atoms with Crippen LogP contribution in [0.5, 0.6) is 11.5 Å². The lowest BCUT2D eigenvalue weighted by molar-refractivity contribution is 0.0295. The van der Waals surface area contributed by atoms with Gasteiger partial charge in [-0.2, -0.15) is 5.10 Å². The molecule has 1 aromatic carbocycles. The number of hydrogen-bond donors (Lipinski definition) is 1. The van der Waals surface area contributed by atoms with E-state index in [1.165, 1.54) is 20.4 Å². The van der Waals surface area contributed by atoms with Crippen molar-refractivity contribution in [2.75, 3.05) is 45.8 Å². The highest BCUT2D eigenvalue weighted by Gasteiger charge is 2.26. The van der Waals surface area contributed by atoms with Gasteiger partial charge in [-0.1, -0.05) is 0 Å². The molecule has 1 aromatic heterocycles. The van der Waals surface area contributed by atoms with Gasteiger partial charge in [0.2, 0.25) is 0 Å². The van der Waals surface area contributed by atoms with Gasteiger partial charge in [0.1, 0.15) is 5.69 Å². The van der Waals surface area contributed by atoms with E-state index in [9.17, 15) is 9.59 Å². The molecule has 0 bridgehead atoms. The molecule has 1 aliphatic heterocycles. The minimum atomic E-state index is -0.368. The highest BCUT2D eigenvalue weighted by atomic mass is 16.5. The molecular weight excluding hydrogens is 364 g/mol. The number of ether oxygens (including phenoxy) is 3. The first kappa shape index (κ1) is 19.7. The number of anilines is 1. The van der Waals surface area contributed by atoms with Crippen LogP contribution in [0, 0.1) is 0 Å². The first-order valence-electron chi connectivity index (χ1n) is 9.05. The predicted octanol–water partition coefficient (Wildman–Crippen LogP) is 1.64. The van der Waals surface area contributed by atoms with Gasteiger partial charge in [-0.25, -0.2) is 0 Å². The maximum absolute atomic E-state index is 13.0. The van der Waals surface area contributed by atoms with E-state index in [1.54, 1.807) is 27.8 Å². The molecule has 1 fully saturated rings. The SMILES string of the molecule is CCn1ncc(NC(=O)c2ccc(OC)c(OC)c2)c1C(=O)N1CCOCC1. The summed E-state index contributed by atoms with van der Waals surface area (Å²) in [7, 11) is 3.03. The van der Waals surface area contributed by atoms with E-state index in [2.05, 4.69) is 10.4 Å². The van der Waals surface area contributed by atoms with Gasteiger partial charge < -0.3 is 24.4 Å². The van der Waals surface area contributed by atoms with Crippen molar-refractivity contribution in [3.05, 3.63) is 35.7 Å². The molecule has 2 amide bonds. The van der Waals surface area contributed by atoms with Crippen LogP contribution in [0.1, 0.15) is 27.8 Å². The molecular formula is C19H24N4O5. The molecule has 9 nitrogen and oxygen atoms in total. The Kier molecular flexibility index (Phi) is 6.15. The summed E-state index contributed by atoms with van der Waals surface area (Å²) >= 11 is 0. The number of nitrogens with zero attached hydrogens (tertiary/aromatic N) is 3. The van der Waals surface area contributed by atoms with Gasteiger partial charge in [0.25, 0.3) is 11.8 Å². The molecule has 1 aliphatic rings. The number of amides is 2. The third kappa shape index (κ3) is 3.94. The number of nitrogens with one attached hydrogen (secondary N) is 1. The van der Waals surface area contributed by atoms with Crippen LogP contribution in [0.15, 0.2) is 24.4 Å². The number of aromatic nitrogens is 2. The molecule has 150 valence electrons. The topological polar surface area (TPSA) is 94.9 Å². The van der Waals surface area contributed by atoms with Crippen LogP contribution in [0.25, 0.3) is 0 Å². The van der Waals surface area contributed by atoms with Crippen LogP contribution >= 0.6 is 0 Å². The number of rotatable bonds is 6. The van der Waals surface area contributed by atoms with E-state index in [1.807, 2.05) is 6.92 Å². The quantitative estimate of drug-likeness (QED) is 0.809. The molecule has 0 radical (unpaired) electrons. The van der Waals surface area contributed by atoms with E-state index < -0.39 is 0 Å². The van der Waals surface area contributed by atoms with Gasteiger partial charge >= 0.3 is 0 Å². The summed E-state index contributed by atoms with van der Waals surface area (Å²) in [6, 6.07) is 4.87. The predicted molar refractivity (Wildman–Crippen MR) is 102 cm³/mol. The molecule has 9 heteroatoms. The smallest absolute Gasteiger partial charge is 0.274 e. The van der Waals surface area contributed by atoms with Gasteiger partial charge in [-0.05, 0) is 25.1 Å². The Morgan fingerprint density at radius 3 is 2.54 bits per heavy atom. The minimum Gasteiger partial charge on any atom is -0.493 e. The molecule has 28 heavy (non-hydrogen) atoms. The number of aryl methyl sites for hydroxylation is 1. The van der Waals surface area contributed by atoms with Crippen molar-refractivity contribution in [1.29, 1.82) is 0 Å². The van der Waals surface area contributed by atoms with Gasteiger partial charge in [0, 0.05) is 25.2 Å². The molecule has 0 atom stereocenters. The van der Waals surface area contributed by atoms with Gasteiger partial charge in [0.15, 0.2) is 11.5 Å². The maximum atomic E-state index is 13.0. The fourth-order valence-electron chi connectivity index (χ4n) is 3.03. The van der Waals surface area contributed by atoms with Gasteiger partial charge in [-0.3, -0.25) is 14.3 Å². The summed E-state index contributed by atoms with van der Waals surface area (Å²) in [4.78, 5) is 27.4. The average molecular weight is 388 g/mol. The van der Waals surface area contributed by atoms with Crippen molar-refractivity contribution in [2.45, 2.75) is 13.5 Å². The first-order valence-corrected chi connectivity index (χ1v) is 9.05. The van der Waals surface area contributed by atoms with Crippen molar-refractivity contribution in [3.63, 3.8) is 0 Å².